The highest BCUT2D eigenvalue weighted by Crippen LogP contribution is 2.32. The maximum absolute atomic E-state index is 4.64. The van der Waals surface area contributed by atoms with Crippen LogP contribution in [0.2, 0.25) is 0 Å². The van der Waals surface area contributed by atoms with Crippen molar-refractivity contribution < 1.29 is 0 Å². The van der Waals surface area contributed by atoms with Gasteiger partial charge in [0.05, 0.1) is 0 Å². The zero-order chi connectivity index (χ0) is 13.4. The zero-order valence-corrected chi connectivity index (χ0v) is 11.5. The fourth-order valence-electron chi connectivity index (χ4n) is 2.81. The lowest BCUT2D eigenvalue weighted by Crippen LogP contribution is -2.17. The molecule has 4 rings (SSSR count). The number of rotatable bonds is 4. The Kier molecular flexibility index (Phi) is 2.92. The minimum absolute atomic E-state index is 0.750. The average Bonchev–Trinajstić information content (AvgIpc) is 3.23. The molecule has 0 amide bonds. The number of hydrogen-bond acceptors (Lipinski definition) is 3. The van der Waals surface area contributed by atoms with E-state index in [1.165, 1.54) is 29.7 Å². The molecule has 0 atom stereocenters. The highest BCUT2D eigenvalue weighted by Gasteiger charge is 2.21. The van der Waals surface area contributed by atoms with E-state index in [0.717, 1.165) is 31.4 Å². The molecule has 3 nitrogen and oxygen atoms in total. The van der Waals surface area contributed by atoms with Crippen molar-refractivity contribution in [2.24, 2.45) is 0 Å². The summed E-state index contributed by atoms with van der Waals surface area (Å²) in [4.78, 5) is 6.96. The van der Waals surface area contributed by atoms with E-state index in [-0.39, 0.29) is 0 Å². The Morgan fingerprint density at radius 1 is 1.15 bits per heavy atom. The van der Waals surface area contributed by atoms with E-state index in [4.69, 9.17) is 0 Å². The van der Waals surface area contributed by atoms with E-state index < -0.39 is 0 Å². The summed E-state index contributed by atoms with van der Waals surface area (Å²) in [5.74, 6) is 1.06. The minimum Gasteiger partial charge on any atom is -0.326 e. The molecule has 1 N–H and O–H groups in total. The molecule has 1 fully saturated rings. The standard InChI is InChI=1S/C17H19N3/c1-2-4-16-14(3-1)9-10-20(16)17-8-5-13(12-19-17)11-18-15-6-7-15/h1-5,8,12,15,18H,6-7,9-11H2. The van der Waals surface area contributed by atoms with Gasteiger partial charge in [0, 0.05) is 31.0 Å². The number of pyridine rings is 1. The first-order chi connectivity index (χ1) is 9.90. The summed E-state index contributed by atoms with van der Waals surface area (Å²) in [5.41, 5.74) is 4.01. The van der Waals surface area contributed by atoms with Gasteiger partial charge in [-0.05, 0) is 42.5 Å². The monoisotopic (exact) mass is 265 g/mol. The van der Waals surface area contributed by atoms with Crippen LogP contribution in [0, 0.1) is 0 Å². The maximum Gasteiger partial charge on any atom is 0.132 e. The van der Waals surface area contributed by atoms with Gasteiger partial charge in [0.1, 0.15) is 5.82 Å². The van der Waals surface area contributed by atoms with Gasteiger partial charge in [-0.25, -0.2) is 4.98 Å². The molecule has 1 aliphatic heterocycles. The van der Waals surface area contributed by atoms with Gasteiger partial charge in [-0.3, -0.25) is 0 Å². The molecule has 2 aliphatic rings. The van der Waals surface area contributed by atoms with Crippen LogP contribution in [0.25, 0.3) is 0 Å². The number of nitrogens with zero attached hydrogens (tertiary/aromatic N) is 2. The van der Waals surface area contributed by atoms with Crippen LogP contribution in [0.1, 0.15) is 24.0 Å². The summed E-state index contributed by atoms with van der Waals surface area (Å²) in [6.45, 7) is 1.97. The number of benzene rings is 1. The highest BCUT2D eigenvalue weighted by molar-refractivity contribution is 5.67. The molecule has 2 heterocycles. The number of hydrogen-bond donors (Lipinski definition) is 1. The Morgan fingerprint density at radius 3 is 2.85 bits per heavy atom. The third-order valence-corrected chi connectivity index (χ3v) is 4.15. The predicted molar refractivity (Wildman–Crippen MR) is 81.3 cm³/mol. The number of nitrogens with one attached hydrogen (secondary N) is 1. The number of anilines is 2. The summed E-state index contributed by atoms with van der Waals surface area (Å²) in [6.07, 6.45) is 5.78. The van der Waals surface area contributed by atoms with Gasteiger partial charge >= 0.3 is 0 Å². The number of aromatic nitrogens is 1. The molecule has 102 valence electrons. The first-order valence-corrected chi connectivity index (χ1v) is 7.44. The van der Waals surface area contributed by atoms with Crippen LogP contribution in [0.5, 0.6) is 0 Å². The van der Waals surface area contributed by atoms with Crippen molar-refractivity contribution in [3.8, 4) is 0 Å². The molecular formula is C17H19N3. The molecule has 3 heteroatoms. The largest absolute Gasteiger partial charge is 0.326 e. The fourth-order valence-corrected chi connectivity index (χ4v) is 2.81. The normalized spacial score (nSPS) is 17.3. The SMILES string of the molecule is c1ccc2c(c1)CCN2c1ccc(CNC2CC2)cn1. The number of para-hydroxylation sites is 1. The quantitative estimate of drug-likeness (QED) is 0.921. The predicted octanol–water partition coefficient (Wildman–Crippen LogP) is 3.03. The average molecular weight is 265 g/mol. The molecule has 0 saturated heterocycles. The van der Waals surface area contributed by atoms with Crippen molar-refractivity contribution in [1.29, 1.82) is 0 Å². The third-order valence-electron chi connectivity index (χ3n) is 4.15. The van der Waals surface area contributed by atoms with Crippen LogP contribution >= 0.6 is 0 Å². The molecule has 1 aromatic carbocycles. The second-order valence-corrected chi connectivity index (χ2v) is 5.71. The number of fused-ring (bicyclic) bond motifs is 1. The molecule has 2 aromatic rings. The molecule has 0 unspecified atom stereocenters. The first-order valence-electron chi connectivity index (χ1n) is 7.44. The lowest BCUT2D eigenvalue weighted by atomic mass is 10.2. The summed E-state index contributed by atoms with van der Waals surface area (Å²) in [7, 11) is 0. The van der Waals surface area contributed by atoms with Gasteiger partial charge in [-0.2, -0.15) is 0 Å². The van der Waals surface area contributed by atoms with Crippen LogP contribution in [-0.2, 0) is 13.0 Å². The van der Waals surface area contributed by atoms with Gasteiger partial charge in [-0.1, -0.05) is 24.3 Å². The summed E-state index contributed by atoms with van der Waals surface area (Å²) < 4.78 is 0. The topological polar surface area (TPSA) is 28.2 Å². The van der Waals surface area contributed by atoms with Gasteiger partial charge in [0.15, 0.2) is 0 Å². The third kappa shape index (κ3) is 2.29. The van der Waals surface area contributed by atoms with Gasteiger partial charge in [0.2, 0.25) is 0 Å². The van der Waals surface area contributed by atoms with Gasteiger partial charge in [0.25, 0.3) is 0 Å². The molecule has 20 heavy (non-hydrogen) atoms. The molecule has 0 bridgehead atoms. The molecule has 1 aromatic heterocycles. The van der Waals surface area contributed by atoms with Gasteiger partial charge in [-0.15, -0.1) is 0 Å². The van der Waals surface area contributed by atoms with Crippen LogP contribution in [0.3, 0.4) is 0 Å². The van der Waals surface area contributed by atoms with Crippen molar-refractivity contribution in [2.45, 2.75) is 31.8 Å². The van der Waals surface area contributed by atoms with Crippen LogP contribution in [0.4, 0.5) is 11.5 Å². The van der Waals surface area contributed by atoms with Crippen molar-refractivity contribution in [1.82, 2.24) is 10.3 Å². The molecule has 1 aliphatic carbocycles. The van der Waals surface area contributed by atoms with Crippen molar-refractivity contribution in [3.05, 3.63) is 53.7 Å². The van der Waals surface area contributed by atoms with Crippen molar-refractivity contribution in [2.75, 3.05) is 11.4 Å². The van der Waals surface area contributed by atoms with Crippen LogP contribution in [-0.4, -0.2) is 17.6 Å². The molecule has 0 spiro atoms. The van der Waals surface area contributed by atoms with Crippen LogP contribution < -0.4 is 10.2 Å². The van der Waals surface area contributed by atoms with Crippen molar-refractivity contribution >= 4 is 11.5 Å². The Balaban J connectivity index is 1.51. The maximum atomic E-state index is 4.64. The van der Waals surface area contributed by atoms with E-state index in [1.54, 1.807) is 0 Å². The Hall–Kier alpha value is -1.87. The van der Waals surface area contributed by atoms with E-state index in [1.807, 2.05) is 6.20 Å². The lowest BCUT2D eigenvalue weighted by Gasteiger charge is -2.18. The Labute approximate surface area is 119 Å². The summed E-state index contributed by atoms with van der Waals surface area (Å²) in [5, 5.41) is 3.52. The molecular weight excluding hydrogens is 246 g/mol. The minimum atomic E-state index is 0.750. The second kappa shape index (κ2) is 4.91. The van der Waals surface area contributed by atoms with Crippen LogP contribution in [0.15, 0.2) is 42.6 Å². The summed E-state index contributed by atoms with van der Waals surface area (Å²) in [6, 6.07) is 13.7. The molecule has 1 saturated carbocycles. The fraction of sp³-hybridized carbons (Fsp3) is 0.353. The highest BCUT2D eigenvalue weighted by atomic mass is 15.2. The van der Waals surface area contributed by atoms with E-state index in [0.29, 0.717) is 0 Å². The smallest absolute Gasteiger partial charge is 0.132 e. The van der Waals surface area contributed by atoms with Crippen molar-refractivity contribution in [3.63, 3.8) is 0 Å². The Bertz CT molecular complexity index is 602. The lowest BCUT2D eigenvalue weighted by molar-refractivity contribution is 0.686. The first kappa shape index (κ1) is 11.9. The second-order valence-electron chi connectivity index (χ2n) is 5.71. The van der Waals surface area contributed by atoms with E-state index in [2.05, 4.69) is 51.6 Å². The van der Waals surface area contributed by atoms with E-state index >= 15 is 0 Å². The summed E-state index contributed by atoms with van der Waals surface area (Å²) >= 11 is 0. The Morgan fingerprint density at radius 2 is 2.05 bits per heavy atom. The van der Waals surface area contributed by atoms with E-state index in [9.17, 15) is 0 Å². The zero-order valence-electron chi connectivity index (χ0n) is 11.5. The van der Waals surface area contributed by atoms with Gasteiger partial charge < -0.3 is 10.2 Å². The molecule has 0 radical (unpaired) electrons.